The van der Waals surface area contributed by atoms with Gasteiger partial charge < -0.3 is 24.2 Å². The molecule has 5 N–H and O–H groups in total. The van der Waals surface area contributed by atoms with Gasteiger partial charge in [0.05, 0.1) is 12.3 Å². The number of unbranched alkanes of at least 4 members (excludes halogenated alkanes) is 1. The predicted octanol–water partition coefficient (Wildman–Crippen LogP) is 11.1. The number of aryl methyl sites for hydroxylation is 4. The molecule has 0 aliphatic carbocycles. The second-order valence-electron chi connectivity index (χ2n) is 14.7. The lowest BCUT2D eigenvalue weighted by atomic mass is 10.0. The third kappa shape index (κ3) is 11.6. The van der Waals surface area contributed by atoms with Crippen LogP contribution in [0.2, 0.25) is 0 Å². The van der Waals surface area contributed by atoms with Crippen molar-refractivity contribution < 1.29 is 36.9 Å². The summed E-state index contributed by atoms with van der Waals surface area (Å²) in [5, 5.41) is 35.4. The van der Waals surface area contributed by atoms with E-state index in [-0.39, 0.29) is 22.9 Å². The van der Waals surface area contributed by atoms with E-state index in [0.29, 0.717) is 41.0 Å². The molecule has 8 rings (SSSR count). The van der Waals surface area contributed by atoms with Crippen LogP contribution >= 0.6 is 0 Å². The van der Waals surface area contributed by atoms with Gasteiger partial charge in [0, 0.05) is 22.7 Å². The van der Waals surface area contributed by atoms with Crippen molar-refractivity contribution in [1.29, 1.82) is 0 Å². The van der Waals surface area contributed by atoms with Gasteiger partial charge >= 0.3 is 11.3 Å². The third-order valence-electron chi connectivity index (χ3n) is 9.99. The Balaban J connectivity index is 0.000000167. The Morgan fingerprint density at radius 1 is 0.548 bits per heavy atom. The van der Waals surface area contributed by atoms with Crippen LogP contribution < -0.4 is 18.4 Å². The van der Waals surface area contributed by atoms with Crippen LogP contribution in [0.4, 0.5) is 5.69 Å². The van der Waals surface area contributed by atoms with Gasteiger partial charge in [-0.25, -0.2) is 13.1 Å². The highest BCUT2D eigenvalue weighted by atomic mass is 32.2. The van der Waals surface area contributed by atoms with Crippen LogP contribution in [-0.2, 0) is 21.3 Å². The second-order valence-corrected chi connectivity index (χ2v) is 17.3. The van der Waals surface area contributed by atoms with E-state index >= 15 is 0 Å². The van der Waals surface area contributed by atoms with Gasteiger partial charge in [0.25, 0.3) is 0 Å². The topological polar surface area (TPSA) is 154 Å². The number of rotatable bonds is 12. The molecule has 8 aromatic carbocycles. The number of phenols is 3. The first-order valence-electron chi connectivity index (χ1n) is 20.0. The summed E-state index contributed by atoms with van der Waals surface area (Å²) in [7, 11) is -3.79. The van der Waals surface area contributed by atoms with Crippen molar-refractivity contribution >= 4 is 59.3 Å². The maximum atomic E-state index is 12.6. The monoisotopic (exact) mass is 870 g/mol. The Hall–Kier alpha value is -6.60. The number of anilines is 1. The molecule has 0 fully saturated rings. The van der Waals surface area contributed by atoms with E-state index in [4.69, 9.17) is 8.92 Å². The van der Waals surface area contributed by atoms with Crippen molar-refractivity contribution in [1.82, 2.24) is 4.72 Å². The Labute approximate surface area is 365 Å². The number of benzene rings is 8. The third-order valence-corrected chi connectivity index (χ3v) is 12.2. The molecule has 1 atom stereocenters. The summed E-state index contributed by atoms with van der Waals surface area (Å²) in [5.74, 6) is 1.55. The molecule has 1 unspecified atom stereocenters. The van der Waals surface area contributed by atoms with Gasteiger partial charge in [-0.05, 0) is 110 Å². The zero-order chi connectivity index (χ0) is 44.2. The average molecular weight is 871 g/mol. The van der Waals surface area contributed by atoms with Crippen molar-refractivity contribution in [3.63, 3.8) is 0 Å². The summed E-state index contributed by atoms with van der Waals surface area (Å²) in [6.45, 7) is 8.51. The molecule has 0 spiro atoms. The van der Waals surface area contributed by atoms with Crippen LogP contribution in [0.15, 0.2) is 157 Å². The molecule has 0 aromatic heterocycles. The van der Waals surface area contributed by atoms with Gasteiger partial charge in [0.2, 0.25) is 10.0 Å². The summed E-state index contributed by atoms with van der Waals surface area (Å²) < 4.78 is 53.5. The van der Waals surface area contributed by atoms with E-state index in [1.807, 2.05) is 137 Å². The first-order chi connectivity index (χ1) is 29.8. The summed E-state index contributed by atoms with van der Waals surface area (Å²) >= 11 is -1.79. The molecule has 62 heavy (non-hydrogen) atoms. The normalized spacial score (nSPS) is 11.5. The highest BCUT2D eigenvalue weighted by Crippen LogP contribution is 2.35. The number of fused-ring (bicyclic) bond motifs is 3. The summed E-state index contributed by atoms with van der Waals surface area (Å²) in [6, 6.07) is 46.5. The molecular formula is C50H50N2O8S2. The van der Waals surface area contributed by atoms with Crippen LogP contribution in [0.5, 0.6) is 28.7 Å². The maximum absolute atomic E-state index is 12.6. The summed E-state index contributed by atoms with van der Waals surface area (Å²) in [5.41, 5.74) is 4.33. The van der Waals surface area contributed by atoms with E-state index in [1.165, 1.54) is 6.07 Å². The molecule has 0 heterocycles. The molecule has 10 nitrogen and oxygen atoms in total. The van der Waals surface area contributed by atoms with Crippen molar-refractivity contribution in [2.24, 2.45) is 0 Å². The lowest BCUT2D eigenvalue weighted by Crippen LogP contribution is -2.25. The zero-order valence-corrected chi connectivity index (χ0v) is 36.6. The molecular weight excluding hydrogens is 821 g/mol. The zero-order valence-electron chi connectivity index (χ0n) is 35.0. The standard InChI is InChI=1S/C22H25NO4S.C17H15NO3S.C11H10O/c1-16-8-7-9-18(14-16)27-13-6-5-12-23-28(25,26)21-15-17(2)19-10-3-4-11-20(19)22(21)24;1-12-6-9-14(10-7-12)21-22(20)18-16-11-8-13-4-2-3-5-15(13)17(16)19;1-8-6-7-9-4-2-3-5-10(9)11(8)12/h3-4,7-11,14-15,23-24H,5-6,12-13H2,1-2H3;2-11,18-19H,1H3;2-7,12H,1H3. The Morgan fingerprint density at radius 2 is 1.16 bits per heavy atom. The molecule has 0 aliphatic rings. The average Bonchev–Trinajstić information content (AvgIpc) is 3.27. The molecule has 0 radical (unpaired) electrons. The van der Waals surface area contributed by atoms with Crippen LogP contribution in [0.1, 0.15) is 35.1 Å². The van der Waals surface area contributed by atoms with Crippen molar-refractivity contribution in [2.45, 2.75) is 45.4 Å². The lowest BCUT2D eigenvalue weighted by Gasteiger charge is -2.12. The minimum absolute atomic E-state index is 0.0546. The SMILES string of the molecule is Cc1ccc(OS(=O)Nc2ccc3ccccc3c2O)cc1.Cc1ccc2ccccc2c1O.Cc1cccc(OCCCCNS(=O)(=O)c2cc(C)c3ccccc3c2O)c1. The van der Waals surface area contributed by atoms with Gasteiger partial charge in [-0.1, -0.05) is 121 Å². The number of sulfonamides is 1. The Kier molecular flexibility index (Phi) is 15.1. The number of phenolic OH excluding ortho intramolecular Hbond substituents is 3. The van der Waals surface area contributed by atoms with E-state index in [1.54, 1.807) is 36.4 Å². The van der Waals surface area contributed by atoms with Crippen molar-refractivity contribution in [2.75, 3.05) is 17.9 Å². The molecule has 0 aliphatic heterocycles. The van der Waals surface area contributed by atoms with Crippen molar-refractivity contribution in [3.8, 4) is 28.7 Å². The molecule has 0 bridgehead atoms. The van der Waals surface area contributed by atoms with E-state index in [0.717, 1.165) is 56.0 Å². The van der Waals surface area contributed by atoms with Crippen LogP contribution in [0.25, 0.3) is 32.3 Å². The number of ether oxygens (including phenoxy) is 1. The largest absolute Gasteiger partial charge is 0.507 e. The second kappa shape index (κ2) is 20.8. The summed E-state index contributed by atoms with van der Waals surface area (Å²) in [4.78, 5) is -0.0836. The van der Waals surface area contributed by atoms with Gasteiger partial charge in [-0.2, -0.15) is 4.21 Å². The highest BCUT2D eigenvalue weighted by molar-refractivity contribution is 7.89. The number of nitrogens with one attached hydrogen (secondary N) is 2. The Bertz CT molecular complexity index is 2940. The smallest absolute Gasteiger partial charge is 0.316 e. The molecule has 12 heteroatoms. The van der Waals surface area contributed by atoms with Crippen LogP contribution in [0.3, 0.4) is 0 Å². The highest BCUT2D eigenvalue weighted by Gasteiger charge is 2.21. The molecule has 8 aromatic rings. The number of aromatic hydroxyl groups is 3. The number of hydrogen-bond acceptors (Lipinski definition) is 8. The first kappa shape index (κ1) is 44.9. The first-order valence-corrected chi connectivity index (χ1v) is 22.6. The minimum atomic E-state index is -3.79. The van der Waals surface area contributed by atoms with Gasteiger partial charge in [-0.15, -0.1) is 0 Å². The quantitative estimate of drug-likeness (QED) is 0.0600. The van der Waals surface area contributed by atoms with Gasteiger partial charge in [-0.3, -0.25) is 4.72 Å². The van der Waals surface area contributed by atoms with E-state index in [2.05, 4.69) is 9.44 Å². The predicted molar refractivity (Wildman–Crippen MR) is 251 cm³/mol. The minimum Gasteiger partial charge on any atom is -0.507 e. The van der Waals surface area contributed by atoms with Crippen molar-refractivity contribution in [3.05, 3.63) is 174 Å². The Morgan fingerprint density at radius 3 is 1.84 bits per heavy atom. The molecule has 0 saturated carbocycles. The van der Waals surface area contributed by atoms with Crippen LogP contribution in [-0.4, -0.2) is 41.1 Å². The van der Waals surface area contributed by atoms with Gasteiger partial charge in [0.1, 0.15) is 33.6 Å². The van der Waals surface area contributed by atoms with E-state index in [9.17, 15) is 27.9 Å². The maximum Gasteiger partial charge on any atom is 0.316 e. The fourth-order valence-corrected chi connectivity index (χ4v) is 8.55. The molecule has 0 amide bonds. The summed E-state index contributed by atoms with van der Waals surface area (Å²) in [6.07, 6.45) is 1.36. The van der Waals surface area contributed by atoms with Gasteiger partial charge in [0.15, 0.2) is 0 Å². The fraction of sp³-hybridized carbons (Fsp3) is 0.160. The lowest BCUT2D eigenvalue weighted by molar-refractivity contribution is 0.307. The fourth-order valence-electron chi connectivity index (χ4n) is 6.61. The van der Waals surface area contributed by atoms with Crippen LogP contribution in [0, 0.1) is 27.7 Å². The number of hydrogen-bond donors (Lipinski definition) is 5. The molecule has 0 saturated heterocycles. The molecule has 320 valence electrons. The van der Waals surface area contributed by atoms with E-state index < -0.39 is 21.3 Å².